The average molecular weight is 689 g/mol. The molecule has 0 atom stereocenters. The Bertz CT molecular complexity index is 2970. The third-order valence-corrected chi connectivity index (χ3v) is 12.8. The molecule has 0 aliphatic heterocycles. The van der Waals surface area contributed by atoms with Gasteiger partial charge in [-0.15, -0.1) is 0 Å². The number of benzene rings is 9. The standard InChI is InChI=1S/C54H40/c1-53(2)45-21-13-12-20-43(45)51-47(53)28-29-48-52(51)44-32-38(26-27-46(44)54(48,3)4)50-41-18-10-8-16-39(41)49(40-17-9-11-19-42(40)50)37-25-24-35-30-34(22-23-36(35)31-37)33-14-6-5-7-15-33/h5-32H,1-4H3. The van der Waals surface area contributed by atoms with Crippen molar-refractivity contribution < 1.29 is 0 Å². The van der Waals surface area contributed by atoms with Gasteiger partial charge < -0.3 is 0 Å². The fourth-order valence-electron chi connectivity index (χ4n) is 10.2. The van der Waals surface area contributed by atoms with Crippen LogP contribution in [0.5, 0.6) is 0 Å². The van der Waals surface area contributed by atoms with E-state index < -0.39 is 0 Å². The quantitative estimate of drug-likeness (QED) is 0.162. The third-order valence-electron chi connectivity index (χ3n) is 12.8. The summed E-state index contributed by atoms with van der Waals surface area (Å²) >= 11 is 0. The SMILES string of the molecule is CC1(C)c2ccccc2-c2c1ccc1c2-c2cc(-c3c4ccccc4c(-c4ccc5cc(-c6ccccc6)ccc5c4)c4ccccc34)ccc2C1(C)C. The summed E-state index contributed by atoms with van der Waals surface area (Å²) in [5.41, 5.74) is 18.8. The molecule has 0 amide bonds. The summed E-state index contributed by atoms with van der Waals surface area (Å²) in [5.74, 6) is 0. The van der Waals surface area contributed by atoms with Gasteiger partial charge in [0, 0.05) is 10.8 Å². The van der Waals surface area contributed by atoms with E-state index in [1.54, 1.807) is 0 Å². The van der Waals surface area contributed by atoms with E-state index in [0.717, 1.165) is 0 Å². The molecule has 0 spiro atoms. The summed E-state index contributed by atoms with van der Waals surface area (Å²) < 4.78 is 0. The predicted octanol–water partition coefficient (Wildman–Crippen LogP) is 14.8. The molecule has 2 aliphatic rings. The largest absolute Gasteiger partial charge is 0.0622 e. The van der Waals surface area contributed by atoms with Crippen molar-refractivity contribution in [1.29, 1.82) is 0 Å². The van der Waals surface area contributed by atoms with Crippen LogP contribution in [-0.4, -0.2) is 0 Å². The Morgan fingerprint density at radius 3 is 1.31 bits per heavy atom. The smallest absolute Gasteiger partial charge is 0.0159 e. The Kier molecular flexibility index (Phi) is 6.46. The Morgan fingerprint density at radius 2 is 0.704 bits per heavy atom. The molecule has 0 saturated heterocycles. The van der Waals surface area contributed by atoms with Crippen LogP contribution >= 0.6 is 0 Å². The number of hydrogen-bond acceptors (Lipinski definition) is 0. The number of fused-ring (bicyclic) bond motifs is 10. The Labute approximate surface area is 317 Å². The molecule has 0 heterocycles. The molecule has 256 valence electrons. The summed E-state index contributed by atoms with van der Waals surface area (Å²) in [7, 11) is 0. The van der Waals surface area contributed by atoms with Crippen LogP contribution in [-0.2, 0) is 10.8 Å². The fourth-order valence-corrected chi connectivity index (χ4v) is 10.2. The van der Waals surface area contributed by atoms with Crippen LogP contribution in [0, 0.1) is 0 Å². The maximum absolute atomic E-state index is 2.52. The van der Waals surface area contributed by atoms with Gasteiger partial charge in [0.1, 0.15) is 0 Å². The van der Waals surface area contributed by atoms with Crippen molar-refractivity contribution in [3.05, 3.63) is 192 Å². The number of hydrogen-bond donors (Lipinski definition) is 0. The van der Waals surface area contributed by atoms with Crippen molar-refractivity contribution in [3.8, 4) is 55.6 Å². The van der Waals surface area contributed by atoms with Crippen molar-refractivity contribution in [2.45, 2.75) is 38.5 Å². The van der Waals surface area contributed by atoms with Crippen molar-refractivity contribution in [3.63, 3.8) is 0 Å². The second kappa shape index (κ2) is 11.1. The minimum atomic E-state index is -0.0914. The van der Waals surface area contributed by atoms with Gasteiger partial charge in [-0.25, -0.2) is 0 Å². The zero-order chi connectivity index (χ0) is 36.3. The normalized spacial score (nSPS) is 14.6. The molecule has 0 radical (unpaired) electrons. The van der Waals surface area contributed by atoms with Crippen LogP contribution in [0.25, 0.3) is 88.0 Å². The van der Waals surface area contributed by atoms with Crippen LogP contribution in [0.15, 0.2) is 170 Å². The second-order valence-corrected chi connectivity index (χ2v) is 16.5. The second-order valence-electron chi connectivity index (χ2n) is 16.5. The molecular formula is C54H40. The van der Waals surface area contributed by atoms with E-state index in [4.69, 9.17) is 0 Å². The van der Waals surface area contributed by atoms with E-state index in [9.17, 15) is 0 Å². The van der Waals surface area contributed by atoms with Gasteiger partial charge in [-0.1, -0.05) is 179 Å². The first-order valence-electron chi connectivity index (χ1n) is 19.3. The molecule has 0 nitrogen and oxygen atoms in total. The molecule has 0 bridgehead atoms. The van der Waals surface area contributed by atoms with Gasteiger partial charge in [0.15, 0.2) is 0 Å². The third kappa shape index (κ3) is 4.26. The van der Waals surface area contributed by atoms with Crippen molar-refractivity contribution >= 4 is 32.3 Å². The molecule has 9 aromatic rings. The van der Waals surface area contributed by atoms with Gasteiger partial charge in [0.05, 0.1) is 0 Å². The van der Waals surface area contributed by atoms with Gasteiger partial charge in [0.25, 0.3) is 0 Å². The van der Waals surface area contributed by atoms with E-state index in [-0.39, 0.29) is 10.8 Å². The Hall–Kier alpha value is -6.24. The highest BCUT2D eigenvalue weighted by Crippen LogP contribution is 2.59. The first-order chi connectivity index (χ1) is 26.3. The molecule has 0 heteroatoms. The van der Waals surface area contributed by atoms with Crippen molar-refractivity contribution in [1.82, 2.24) is 0 Å². The van der Waals surface area contributed by atoms with Gasteiger partial charge in [-0.2, -0.15) is 0 Å². The zero-order valence-corrected chi connectivity index (χ0v) is 31.2. The lowest BCUT2D eigenvalue weighted by atomic mass is 9.79. The van der Waals surface area contributed by atoms with Crippen LogP contribution in [0.1, 0.15) is 49.9 Å². The molecule has 2 aliphatic carbocycles. The lowest BCUT2D eigenvalue weighted by molar-refractivity contribution is 0.651. The molecule has 0 unspecified atom stereocenters. The zero-order valence-electron chi connectivity index (χ0n) is 31.2. The molecule has 0 aromatic heterocycles. The van der Waals surface area contributed by atoms with Crippen molar-refractivity contribution in [2.75, 3.05) is 0 Å². The van der Waals surface area contributed by atoms with Crippen molar-refractivity contribution in [2.24, 2.45) is 0 Å². The maximum atomic E-state index is 2.52. The topological polar surface area (TPSA) is 0 Å². The molecule has 9 aromatic carbocycles. The highest BCUT2D eigenvalue weighted by molar-refractivity contribution is 6.22. The molecular weight excluding hydrogens is 649 g/mol. The van der Waals surface area contributed by atoms with E-state index in [2.05, 4.69) is 198 Å². The lowest BCUT2D eigenvalue weighted by Gasteiger charge is -2.24. The average Bonchev–Trinajstić information content (AvgIpc) is 3.59. The summed E-state index contributed by atoms with van der Waals surface area (Å²) in [4.78, 5) is 0. The fraction of sp³-hybridized carbons (Fsp3) is 0.111. The minimum Gasteiger partial charge on any atom is -0.0622 e. The van der Waals surface area contributed by atoms with E-state index >= 15 is 0 Å². The first-order valence-corrected chi connectivity index (χ1v) is 19.3. The summed E-state index contributed by atoms with van der Waals surface area (Å²) in [5, 5.41) is 7.64. The monoisotopic (exact) mass is 688 g/mol. The molecule has 0 N–H and O–H groups in total. The van der Waals surface area contributed by atoms with Crippen LogP contribution in [0.4, 0.5) is 0 Å². The molecule has 0 saturated carbocycles. The number of rotatable bonds is 3. The maximum Gasteiger partial charge on any atom is 0.0159 e. The summed E-state index contributed by atoms with van der Waals surface area (Å²) in [6.07, 6.45) is 0. The van der Waals surface area contributed by atoms with Crippen LogP contribution in [0.2, 0.25) is 0 Å². The molecule has 0 fully saturated rings. The molecule has 54 heavy (non-hydrogen) atoms. The van der Waals surface area contributed by atoms with Gasteiger partial charge >= 0.3 is 0 Å². The van der Waals surface area contributed by atoms with E-state index in [0.29, 0.717) is 0 Å². The summed E-state index contributed by atoms with van der Waals surface area (Å²) in [6.45, 7) is 9.58. The van der Waals surface area contributed by atoms with E-state index in [1.165, 1.54) is 110 Å². The van der Waals surface area contributed by atoms with Crippen LogP contribution in [0.3, 0.4) is 0 Å². The Morgan fingerprint density at radius 1 is 0.278 bits per heavy atom. The highest BCUT2D eigenvalue weighted by Gasteiger charge is 2.43. The lowest BCUT2D eigenvalue weighted by Crippen LogP contribution is -2.17. The molecule has 11 rings (SSSR count). The predicted molar refractivity (Wildman–Crippen MR) is 230 cm³/mol. The first kappa shape index (κ1) is 31.3. The summed E-state index contributed by atoms with van der Waals surface area (Å²) in [6, 6.07) is 63.8. The van der Waals surface area contributed by atoms with Gasteiger partial charge in [-0.3, -0.25) is 0 Å². The van der Waals surface area contributed by atoms with Crippen LogP contribution < -0.4 is 0 Å². The highest BCUT2D eigenvalue weighted by atomic mass is 14.5. The minimum absolute atomic E-state index is 0.0410. The van der Waals surface area contributed by atoms with Gasteiger partial charge in [0.2, 0.25) is 0 Å². The van der Waals surface area contributed by atoms with Gasteiger partial charge in [-0.05, 0) is 128 Å². The Balaban J connectivity index is 1.13. The van der Waals surface area contributed by atoms with E-state index in [1.807, 2.05) is 0 Å².